The van der Waals surface area contributed by atoms with E-state index in [0.29, 0.717) is 31.3 Å². The Labute approximate surface area is 115 Å². The van der Waals surface area contributed by atoms with Crippen molar-refractivity contribution in [2.75, 3.05) is 24.6 Å². The Morgan fingerprint density at radius 3 is 2.42 bits per heavy atom. The zero-order chi connectivity index (χ0) is 13.9. The van der Waals surface area contributed by atoms with E-state index in [2.05, 4.69) is 5.32 Å². The maximum atomic E-state index is 12.0. The van der Waals surface area contributed by atoms with Crippen molar-refractivity contribution >= 4 is 15.7 Å². The van der Waals surface area contributed by atoms with Gasteiger partial charge in [0.15, 0.2) is 9.84 Å². The van der Waals surface area contributed by atoms with Crippen LogP contribution in [0.4, 0.5) is 0 Å². The molecular weight excluding hydrogens is 264 g/mol. The summed E-state index contributed by atoms with van der Waals surface area (Å²) in [5.41, 5.74) is 5.77. The molecule has 0 bridgehead atoms. The van der Waals surface area contributed by atoms with Gasteiger partial charge in [-0.3, -0.25) is 4.79 Å². The number of nitrogens with one attached hydrogen (secondary N) is 1. The Morgan fingerprint density at radius 1 is 1.16 bits per heavy atom. The Hall–Kier alpha value is -0.620. The second-order valence-electron chi connectivity index (χ2n) is 5.89. The first-order valence-corrected chi connectivity index (χ1v) is 9.02. The Balaban J connectivity index is 1.80. The average molecular weight is 288 g/mol. The number of carbonyl (C=O) groups excluding carboxylic acids is 1. The van der Waals surface area contributed by atoms with Crippen molar-refractivity contribution in [1.82, 2.24) is 5.32 Å². The van der Waals surface area contributed by atoms with Crippen LogP contribution >= 0.6 is 0 Å². The summed E-state index contributed by atoms with van der Waals surface area (Å²) in [6.45, 7) is 1.33. The average Bonchev–Trinajstić information content (AvgIpc) is 2.76. The number of amides is 1. The van der Waals surface area contributed by atoms with Crippen molar-refractivity contribution < 1.29 is 13.2 Å². The number of hydrogen-bond donors (Lipinski definition) is 2. The topological polar surface area (TPSA) is 89.3 Å². The molecule has 0 spiro atoms. The molecule has 5 nitrogen and oxygen atoms in total. The molecule has 0 aromatic heterocycles. The predicted molar refractivity (Wildman–Crippen MR) is 74.3 cm³/mol. The molecule has 1 aliphatic carbocycles. The summed E-state index contributed by atoms with van der Waals surface area (Å²) in [6, 6.07) is 0. The van der Waals surface area contributed by atoms with E-state index in [0.717, 1.165) is 12.8 Å². The second-order valence-corrected chi connectivity index (χ2v) is 8.11. The molecule has 2 rings (SSSR count). The summed E-state index contributed by atoms with van der Waals surface area (Å²) < 4.78 is 22.7. The monoisotopic (exact) mass is 288 g/mol. The molecule has 2 fully saturated rings. The van der Waals surface area contributed by atoms with Gasteiger partial charge in [0.25, 0.3) is 0 Å². The fourth-order valence-electron chi connectivity index (χ4n) is 3.24. The maximum Gasteiger partial charge on any atom is 0.224 e. The third kappa shape index (κ3) is 3.92. The highest BCUT2D eigenvalue weighted by atomic mass is 32.2. The highest BCUT2D eigenvalue weighted by Crippen LogP contribution is 2.29. The minimum absolute atomic E-state index is 0.0177. The largest absolute Gasteiger partial charge is 0.356 e. The highest BCUT2D eigenvalue weighted by molar-refractivity contribution is 7.91. The van der Waals surface area contributed by atoms with Crippen LogP contribution in [0.5, 0.6) is 0 Å². The van der Waals surface area contributed by atoms with Crippen LogP contribution in [0.1, 0.15) is 32.1 Å². The van der Waals surface area contributed by atoms with Crippen molar-refractivity contribution in [2.45, 2.75) is 32.1 Å². The molecule has 1 heterocycles. The lowest BCUT2D eigenvalue weighted by atomic mass is 9.79. The molecule has 3 atom stereocenters. The van der Waals surface area contributed by atoms with E-state index in [9.17, 15) is 13.2 Å². The van der Waals surface area contributed by atoms with E-state index >= 15 is 0 Å². The first-order chi connectivity index (χ1) is 9.02. The van der Waals surface area contributed by atoms with Crippen LogP contribution in [0, 0.1) is 17.8 Å². The van der Waals surface area contributed by atoms with Crippen LogP contribution < -0.4 is 11.1 Å². The summed E-state index contributed by atoms with van der Waals surface area (Å²) in [5, 5.41) is 2.94. The van der Waals surface area contributed by atoms with Crippen molar-refractivity contribution in [3.8, 4) is 0 Å². The quantitative estimate of drug-likeness (QED) is 0.779. The summed E-state index contributed by atoms with van der Waals surface area (Å²) >= 11 is 0. The van der Waals surface area contributed by atoms with Crippen LogP contribution in [0.2, 0.25) is 0 Å². The smallest absolute Gasteiger partial charge is 0.224 e. The van der Waals surface area contributed by atoms with Gasteiger partial charge in [0, 0.05) is 6.54 Å². The van der Waals surface area contributed by atoms with Gasteiger partial charge in [-0.2, -0.15) is 0 Å². The standard InChI is InChI=1S/C13H24N2O3S/c14-7-10-3-1-2-4-11(10)8-15-13(16)12-5-6-19(17,18)9-12/h10-12H,1-9,14H2,(H,15,16). The molecule has 1 amide bonds. The molecule has 0 aromatic rings. The van der Waals surface area contributed by atoms with Gasteiger partial charge >= 0.3 is 0 Å². The van der Waals surface area contributed by atoms with Crippen LogP contribution in [-0.4, -0.2) is 38.9 Å². The molecule has 19 heavy (non-hydrogen) atoms. The van der Waals surface area contributed by atoms with Gasteiger partial charge in [0.2, 0.25) is 5.91 Å². The molecule has 0 radical (unpaired) electrons. The Morgan fingerprint density at radius 2 is 1.84 bits per heavy atom. The van der Waals surface area contributed by atoms with Crippen molar-refractivity contribution in [3.05, 3.63) is 0 Å². The third-order valence-electron chi connectivity index (χ3n) is 4.51. The van der Waals surface area contributed by atoms with Gasteiger partial charge in [-0.25, -0.2) is 8.42 Å². The number of nitrogens with two attached hydrogens (primary N) is 1. The number of carbonyl (C=O) groups is 1. The van der Waals surface area contributed by atoms with Gasteiger partial charge in [-0.1, -0.05) is 12.8 Å². The lowest BCUT2D eigenvalue weighted by molar-refractivity contribution is -0.124. The summed E-state index contributed by atoms with van der Waals surface area (Å²) in [6.07, 6.45) is 5.17. The van der Waals surface area contributed by atoms with Gasteiger partial charge < -0.3 is 11.1 Å². The molecule has 1 saturated carbocycles. The fourth-order valence-corrected chi connectivity index (χ4v) is 4.98. The summed E-state index contributed by atoms with van der Waals surface area (Å²) in [5.74, 6) is 0.693. The zero-order valence-electron chi connectivity index (χ0n) is 11.3. The Bertz CT molecular complexity index is 422. The second kappa shape index (κ2) is 6.22. The predicted octanol–water partition coefficient (Wildman–Crippen LogP) is 0.302. The van der Waals surface area contributed by atoms with Crippen LogP contribution in [0.15, 0.2) is 0 Å². The molecule has 3 N–H and O–H groups in total. The van der Waals surface area contributed by atoms with Crippen molar-refractivity contribution in [2.24, 2.45) is 23.5 Å². The number of hydrogen-bond acceptors (Lipinski definition) is 4. The molecular formula is C13H24N2O3S. The van der Waals surface area contributed by atoms with E-state index in [1.807, 2.05) is 0 Å². The fraction of sp³-hybridized carbons (Fsp3) is 0.923. The normalized spacial score (nSPS) is 34.1. The van der Waals surface area contributed by atoms with Gasteiger partial charge in [-0.05, 0) is 37.6 Å². The van der Waals surface area contributed by atoms with E-state index in [4.69, 9.17) is 5.73 Å². The van der Waals surface area contributed by atoms with E-state index < -0.39 is 9.84 Å². The third-order valence-corrected chi connectivity index (χ3v) is 6.28. The van der Waals surface area contributed by atoms with Crippen LogP contribution in [-0.2, 0) is 14.6 Å². The van der Waals surface area contributed by atoms with Crippen molar-refractivity contribution in [3.63, 3.8) is 0 Å². The van der Waals surface area contributed by atoms with E-state index in [1.54, 1.807) is 0 Å². The first-order valence-electron chi connectivity index (χ1n) is 7.20. The zero-order valence-corrected chi connectivity index (χ0v) is 12.1. The molecule has 110 valence electrons. The summed E-state index contributed by atoms with van der Waals surface area (Å²) in [7, 11) is -2.98. The molecule has 3 unspecified atom stereocenters. The first kappa shape index (κ1) is 14.8. The molecule has 6 heteroatoms. The lowest BCUT2D eigenvalue weighted by Gasteiger charge is -2.31. The van der Waals surface area contributed by atoms with Gasteiger partial charge in [0.1, 0.15) is 0 Å². The van der Waals surface area contributed by atoms with Crippen molar-refractivity contribution in [1.29, 1.82) is 0 Å². The molecule has 1 saturated heterocycles. The minimum Gasteiger partial charge on any atom is -0.356 e. The van der Waals surface area contributed by atoms with E-state index in [1.165, 1.54) is 12.8 Å². The SMILES string of the molecule is NCC1CCCCC1CNC(=O)C1CCS(=O)(=O)C1. The lowest BCUT2D eigenvalue weighted by Crippen LogP contribution is -2.39. The maximum absolute atomic E-state index is 12.0. The van der Waals surface area contributed by atoms with E-state index in [-0.39, 0.29) is 23.3 Å². The number of rotatable bonds is 4. The molecule has 1 aliphatic heterocycles. The Kier molecular flexibility index (Phi) is 4.84. The van der Waals surface area contributed by atoms with Crippen LogP contribution in [0.25, 0.3) is 0 Å². The van der Waals surface area contributed by atoms with Gasteiger partial charge in [0.05, 0.1) is 17.4 Å². The summed E-state index contributed by atoms with van der Waals surface area (Å²) in [4.78, 5) is 12.0. The number of sulfone groups is 1. The molecule has 0 aromatic carbocycles. The minimum atomic E-state index is -2.98. The molecule has 2 aliphatic rings. The van der Waals surface area contributed by atoms with Gasteiger partial charge in [-0.15, -0.1) is 0 Å². The highest BCUT2D eigenvalue weighted by Gasteiger charge is 2.33. The van der Waals surface area contributed by atoms with Crippen LogP contribution in [0.3, 0.4) is 0 Å².